The Labute approximate surface area is 97.6 Å². The summed E-state index contributed by atoms with van der Waals surface area (Å²) < 4.78 is 13.4. The van der Waals surface area contributed by atoms with Gasteiger partial charge in [0.25, 0.3) is 0 Å². The maximum atomic E-state index is 12.9. The van der Waals surface area contributed by atoms with E-state index < -0.39 is 0 Å². The smallest absolute Gasteiger partial charge is 0.137 e. The molecule has 1 unspecified atom stereocenters. The summed E-state index contributed by atoms with van der Waals surface area (Å²) in [4.78, 5) is 0. The van der Waals surface area contributed by atoms with Crippen LogP contribution in [0, 0.1) is 5.82 Å². The number of nitrogens with one attached hydrogen (secondary N) is 1. The van der Waals surface area contributed by atoms with Crippen LogP contribution in [0.2, 0.25) is 0 Å². The van der Waals surface area contributed by atoms with E-state index in [9.17, 15) is 4.39 Å². The quantitative estimate of drug-likeness (QED) is 0.810. The van der Waals surface area contributed by atoms with Gasteiger partial charge in [-0.05, 0) is 53.5 Å². The third-order valence-electron chi connectivity index (χ3n) is 2.05. The number of rotatable bonds is 5. The fraction of sp³-hybridized carbons (Fsp3) is 0.455. The van der Waals surface area contributed by atoms with E-state index in [1.165, 1.54) is 6.07 Å². The van der Waals surface area contributed by atoms with Gasteiger partial charge in [-0.1, -0.05) is 6.07 Å². The molecule has 0 saturated carbocycles. The topological polar surface area (TPSA) is 32.3 Å². The lowest BCUT2D eigenvalue weighted by atomic mass is 10.2. The highest BCUT2D eigenvalue weighted by molar-refractivity contribution is 9.10. The molecule has 1 atom stereocenters. The van der Waals surface area contributed by atoms with Crippen LogP contribution in [0.25, 0.3) is 0 Å². The van der Waals surface area contributed by atoms with E-state index in [4.69, 9.17) is 5.11 Å². The van der Waals surface area contributed by atoms with Crippen molar-refractivity contribution in [2.75, 3.05) is 6.54 Å². The number of hydrogen-bond acceptors (Lipinski definition) is 2. The predicted octanol–water partition coefficient (Wildman–Crippen LogP) is 2.45. The first-order valence-corrected chi connectivity index (χ1v) is 5.71. The van der Waals surface area contributed by atoms with Gasteiger partial charge in [-0.15, -0.1) is 0 Å². The first kappa shape index (κ1) is 12.6. The van der Waals surface area contributed by atoms with Gasteiger partial charge in [0, 0.05) is 6.54 Å². The van der Waals surface area contributed by atoms with Crippen LogP contribution in [-0.4, -0.2) is 17.8 Å². The molecule has 2 N–H and O–H groups in total. The number of aliphatic hydroxyl groups excluding tert-OH is 1. The Kier molecular flexibility index (Phi) is 5.22. The highest BCUT2D eigenvalue weighted by Gasteiger charge is 2.00. The van der Waals surface area contributed by atoms with Crippen LogP contribution in [-0.2, 0) is 6.54 Å². The lowest BCUT2D eigenvalue weighted by molar-refractivity contribution is 0.183. The molecule has 0 aliphatic heterocycles. The first-order valence-electron chi connectivity index (χ1n) is 4.92. The molecular formula is C11H15BrFNO. The normalized spacial score (nSPS) is 12.8. The molecule has 0 spiro atoms. The van der Waals surface area contributed by atoms with Crippen molar-refractivity contribution >= 4 is 15.9 Å². The zero-order valence-corrected chi connectivity index (χ0v) is 10.2. The monoisotopic (exact) mass is 275 g/mol. The van der Waals surface area contributed by atoms with Gasteiger partial charge in [0.2, 0.25) is 0 Å². The Hall–Kier alpha value is -0.450. The van der Waals surface area contributed by atoms with Gasteiger partial charge in [0.1, 0.15) is 5.82 Å². The summed E-state index contributed by atoms with van der Waals surface area (Å²) in [7, 11) is 0. The standard InChI is InChI=1S/C11H15BrFNO/c1-8(15)4-5-14-7-9-2-3-11(13)10(12)6-9/h2-3,6,8,14-15H,4-5,7H2,1H3. The van der Waals surface area contributed by atoms with Crippen LogP contribution in [0.4, 0.5) is 4.39 Å². The molecule has 1 rings (SSSR count). The molecule has 0 aliphatic carbocycles. The molecule has 0 bridgehead atoms. The number of benzene rings is 1. The minimum Gasteiger partial charge on any atom is -0.393 e. The average molecular weight is 276 g/mol. The third kappa shape index (κ3) is 4.73. The molecule has 15 heavy (non-hydrogen) atoms. The van der Waals surface area contributed by atoms with E-state index in [2.05, 4.69) is 21.2 Å². The van der Waals surface area contributed by atoms with Gasteiger partial charge in [-0.2, -0.15) is 0 Å². The van der Waals surface area contributed by atoms with Gasteiger partial charge in [-0.3, -0.25) is 0 Å². The highest BCUT2D eigenvalue weighted by Crippen LogP contribution is 2.16. The van der Waals surface area contributed by atoms with Crippen LogP contribution in [0.5, 0.6) is 0 Å². The molecule has 0 aromatic heterocycles. The summed E-state index contributed by atoms with van der Waals surface area (Å²) in [6.07, 6.45) is 0.444. The van der Waals surface area contributed by atoms with Crippen molar-refractivity contribution in [2.24, 2.45) is 0 Å². The van der Waals surface area contributed by atoms with Crippen LogP contribution in [0.15, 0.2) is 22.7 Å². The van der Waals surface area contributed by atoms with Gasteiger partial charge in [0.15, 0.2) is 0 Å². The lowest BCUT2D eigenvalue weighted by Gasteiger charge is -2.07. The number of halogens is 2. The Morgan fingerprint density at radius 1 is 1.53 bits per heavy atom. The lowest BCUT2D eigenvalue weighted by Crippen LogP contribution is -2.18. The van der Waals surface area contributed by atoms with Crippen molar-refractivity contribution in [3.63, 3.8) is 0 Å². The molecular weight excluding hydrogens is 261 g/mol. The molecule has 1 aromatic carbocycles. The molecule has 0 aliphatic rings. The minimum atomic E-state index is -0.280. The molecule has 0 fully saturated rings. The van der Waals surface area contributed by atoms with E-state index >= 15 is 0 Å². The van der Waals surface area contributed by atoms with Crippen LogP contribution in [0.3, 0.4) is 0 Å². The first-order chi connectivity index (χ1) is 7.09. The van der Waals surface area contributed by atoms with E-state index in [1.807, 2.05) is 0 Å². The summed E-state index contributed by atoms with van der Waals surface area (Å²) in [6, 6.07) is 4.94. The number of aliphatic hydroxyl groups is 1. The molecule has 4 heteroatoms. The van der Waals surface area contributed by atoms with Crippen LogP contribution < -0.4 is 5.32 Å². The zero-order valence-electron chi connectivity index (χ0n) is 8.63. The average Bonchev–Trinajstić information content (AvgIpc) is 2.18. The minimum absolute atomic E-state index is 0.247. The van der Waals surface area contributed by atoms with Gasteiger partial charge < -0.3 is 10.4 Å². The van der Waals surface area contributed by atoms with Crippen LogP contribution in [0.1, 0.15) is 18.9 Å². The molecule has 0 saturated heterocycles. The van der Waals surface area contributed by atoms with E-state index in [-0.39, 0.29) is 11.9 Å². The second kappa shape index (κ2) is 6.20. The Morgan fingerprint density at radius 3 is 2.87 bits per heavy atom. The predicted molar refractivity (Wildman–Crippen MR) is 62.1 cm³/mol. The van der Waals surface area contributed by atoms with Gasteiger partial charge in [0.05, 0.1) is 10.6 Å². The van der Waals surface area contributed by atoms with E-state index in [0.717, 1.165) is 18.5 Å². The van der Waals surface area contributed by atoms with Crippen molar-refractivity contribution in [2.45, 2.75) is 26.0 Å². The molecule has 1 aromatic rings. The molecule has 0 heterocycles. The van der Waals surface area contributed by atoms with Gasteiger partial charge in [-0.25, -0.2) is 4.39 Å². The molecule has 0 amide bonds. The summed E-state index contributed by atoms with van der Waals surface area (Å²) in [5.74, 6) is -0.247. The second-order valence-electron chi connectivity index (χ2n) is 3.56. The van der Waals surface area contributed by atoms with E-state index in [1.54, 1.807) is 19.1 Å². The summed E-state index contributed by atoms with van der Waals surface area (Å²) in [5, 5.41) is 12.2. The highest BCUT2D eigenvalue weighted by atomic mass is 79.9. The Bertz CT molecular complexity index is 317. The largest absolute Gasteiger partial charge is 0.393 e. The van der Waals surface area contributed by atoms with Crippen molar-refractivity contribution in [3.8, 4) is 0 Å². The Balaban J connectivity index is 2.35. The maximum Gasteiger partial charge on any atom is 0.137 e. The number of hydrogen-bond donors (Lipinski definition) is 2. The fourth-order valence-corrected chi connectivity index (χ4v) is 1.62. The van der Waals surface area contributed by atoms with Crippen LogP contribution >= 0.6 is 15.9 Å². The summed E-state index contributed by atoms with van der Waals surface area (Å²) >= 11 is 3.14. The fourth-order valence-electron chi connectivity index (χ4n) is 1.19. The third-order valence-corrected chi connectivity index (χ3v) is 2.66. The summed E-state index contributed by atoms with van der Waals surface area (Å²) in [6.45, 7) is 3.20. The molecule has 0 radical (unpaired) electrons. The van der Waals surface area contributed by atoms with Crippen molar-refractivity contribution < 1.29 is 9.50 Å². The Morgan fingerprint density at radius 2 is 2.27 bits per heavy atom. The SMILES string of the molecule is CC(O)CCNCc1ccc(F)c(Br)c1. The van der Waals surface area contributed by atoms with Crippen molar-refractivity contribution in [1.29, 1.82) is 0 Å². The molecule has 2 nitrogen and oxygen atoms in total. The maximum absolute atomic E-state index is 12.9. The molecule has 84 valence electrons. The second-order valence-corrected chi connectivity index (χ2v) is 4.42. The van der Waals surface area contributed by atoms with E-state index in [0.29, 0.717) is 11.0 Å². The van der Waals surface area contributed by atoms with Crippen molar-refractivity contribution in [1.82, 2.24) is 5.32 Å². The summed E-state index contributed by atoms with van der Waals surface area (Å²) in [5.41, 5.74) is 1.02. The van der Waals surface area contributed by atoms with Gasteiger partial charge >= 0.3 is 0 Å². The zero-order chi connectivity index (χ0) is 11.3. The van der Waals surface area contributed by atoms with Crippen molar-refractivity contribution in [3.05, 3.63) is 34.1 Å².